The van der Waals surface area contributed by atoms with Crippen LogP contribution in [0.15, 0.2) is 47.3 Å². The van der Waals surface area contributed by atoms with Crippen molar-refractivity contribution >= 4 is 28.5 Å². The number of esters is 1. The third-order valence-electron chi connectivity index (χ3n) is 4.07. The second-order valence-electron chi connectivity index (χ2n) is 5.77. The number of benzene rings is 2. The lowest BCUT2D eigenvalue weighted by Crippen LogP contribution is -2.23. The summed E-state index contributed by atoms with van der Waals surface area (Å²) in [5.74, 6) is -0.565. The van der Waals surface area contributed by atoms with Crippen LogP contribution in [0.4, 0.5) is 4.39 Å². The van der Waals surface area contributed by atoms with Crippen molar-refractivity contribution in [3.63, 3.8) is 0 Å². The number of ether oxygens (including phenoxy) is 1. The maximum absolute atomic E-state index is 13.7. The summed E-state index contributed by atoms with van der Waals surface area (Å²) >= 11 is 5.90. The molecule has 2 aromatic carbocycles. The van der Waals surface area contributed by atoms with Gasteiger partial charge in [-0.2, -0.15) is 0 Å². The molecule has 0 N–H and O–H groups in total. The summed E-state index contributed by atoms with van der Waals surface area (Å²) in [6.45, 7) is -0.242. The highest BCUT2D eigenvalue weighted by molar-refractivity contribution is 6.31. The lowest BCUT2D eigenvalue weighted by Gasteiger charge is -2.10. The van der Waals surface area contributed by atoms with Crippen LogP contribution in [0.5, 0.6) is 0 Å². The molecule has 0 amide bonds. The summed E-state index contributed by atoms with van der Waals surface area (Å²) in [5, 5.41) is 0.729. The monoisotopic (exact) mass is 374 g/mol. The van der Waals surface area contributed by atoms with E-state index in [-0.39, 0.29) is 35.6 Å². The van der Waals surface area contributed by atoms with Crippen LogP contribution < -0.4 is 5.56 Å². The number of carbonyl (C=O) groups excluding carboxylic acids is 1. The Morgan fingerprint density at radius 3 is 2.77 bits per heavy atom. The maximum Gasteiger partial charge on any atom is 0.306 e. The number of hydrogen-bond donors (Lipinski definition) is 0. The predicted molar refractivity (Wildman–Crippen MR) is 96.5 cm³/mol. The molecule has 0 unspecified atom stereocenters. The molecular formula is C19H16ClFN2O3. The molecule has 0 spiro atoms. The second-order valence-corrected chi connectivity index (χ2v) is 6.18. The molecule has 0 saturated carbocycles. The van der Waals surface area contributed by atoms with E-state index in [4.69, 9.17) is 16.3 Å². The smallest absolute Gasteiger partial charge is 0.306 e. The molecule has 0 saturated heterocycles. The van der Waals surface area contributed by atoms with Crippen LogP contribution in [0.2, 0.25) is 5.02 Å². The number of carbonyl (C=O) groups is 1. The van der Waals surface area contributed by atoms with Crippen molar-refractivity contribution < 1.29 is 13.9 Å². The van der Waals surface area contributed by atoms with Crippen LogP contribution in [0.1, 0.15) is 17.8 Å². The Morgan fingerprint density at radius 1 is 1.23 bits per heavy atom. The molecule has 0 bridgehead atoms. The molecule has 5 nitrogen and oxygen atoms in total. The number of halogens is 2. The van der Waals surface area contributed by atoms with Crippen LogP contribution in [-0.4, -0.2) is 15.5 Å². The van der Waals surface area contributed by atoms with E-state index < -0.39 is 11.8 Å². The van der Waals surface area contributed by atoms with E-state index >= 15 is 0 Å². The second kappa shape index (κ2) is 7.66. The normalized spacial score (nSPS) is 10.9. The first-order chi connectivity index (χ1) is 12.5. The molecule has 3 rings (SSSR count). The lowest BCUT2D eigenvalue weighted by atomic mass is 10.2. The van der Waals surface area contributed by atoms with E-state index in [9.17, 15) is 14.0 Å². The summed E-state index contributed by atoms with van der Waals surface area (Å²) in [4.78, 5) is 28.7. The summed E-state index contributed by atoms with van der Waals surface area (Å²) in [6, 6.07) is 11.3. The SMILES string of the molecule is Cn1c(CCC(=O)OCc2c(F)cccc2Cl)nc2ccccc2c1=O. The molecule has 0 fully saturated rings. The standard InChI is InChI=1S/C19H16ClFN2O3/c1-23-17(22-16-8-3-2-5-12(16)19(23)25)9-10-18(24)26-11-13-14(20)6-4-7-15(13)21/h2-8H,9-11H2,1H3. The van der Waals surface area contributed by atoms with E-state index in [1.807, 2.05) is 0 Å². The van der Waals surface area contributed by atoms with Gasteiger partial charge in [0.15, 0.2) is 0 Å². The fraction of sp³-hybridized carbons (Fsp3) is 0.211. The molecule has 134 valence electrons. The van der Waals surface area contributed by atoms with Crippen molar-refractivity contribution in [1.82, 2.24) is 9.55 Å². The fourth-order valence-corrected chi connectivity index (χ4v) is 2.81. The van der Waals surface area contributed by atoms with Crippen LogP contribution in [0.3, 0.4) is 0 Å². The summed E-state index contributed by atoms with van der Waals surface area (Å²) < 4.78 is 20.2. The zero-order valence-electron chi connectivity index (χ0n) is 14.0. The number of rotatable bonds is 5. The minimum absolute atomic E-state index is 0.0185. The van der Waals surface area contributed by atoms with Gasteiger partial charge in [-0.05, 0) is 24.3 Å². The quantitative estimate of drug-likeness (QED) is 0.642. The number of aryl methyl sites for hydroxylation is 1. The average molecular weight is 375 g/mol. The van der Waals surface area contributed by atoms with Gasteiger partial charge in [0.1, 0.15) is 18.2 Å². The lowest BCUT2D eigenvalue weighted by molar-refractivity contribution is -0.145. The third-order valence-corrected chi connectivity index (χ3v) is 4.42. The van der Waals surface area contributed by atoms with Gasteiger partial charge in [-0.1, -0.05) is 29.8 Å². The van der Waals surface area contributed by atoms with Crippen molar-refractivity contribution in [3.8, 4) is 0 Å². The Hall–Kier alpha value is -2.73. The van der Waals surface area contributed by atoms with Gasteiger partial charge < -0.3 is 4.74 Å². The molecule has 26 heavy (non-hydrogen) atoms. The fourth-order valence-electron chi connectivity index (χ4n) is 2.60. The minimum Gasteiger partial charge on any atom is -0.461 e. The van der Waals surface area contributed by atoms with E-state index in [2.05, 4.69) is 4.98 Å². The van der Waals surface area contributed by atoms with Gasteiger partial charge in [-0.3, -0.25) is 14.2 Å². The highest BCUT2D eigenvalue weighted by Crippen LogP contribution is 2.20. The van der Waals surface area contributed by atoms with Crippen molar-refractivity contribution in [1.29, 1.82) is 0 Å². The van der Waals surface area contributed by atoms with Gasteiger partial charge in [-0.25, -0.2) is 9.37 Å². The minimum atomic E-state index is -0.524. The molecule has 0 aliphatic carbocycles. The number of fused-ring (bicyclic) bond motifs is 1. The van der Waals surface area contributed by atoms with Crippen LogP contribution in [0.25, 0.3) is 10.9 Å². The number of hydrogen-bond acceptors (Lipinski definition) is 4. The number of nitrogens with zero attached hydrogens (tertiary/aromatic N) is 2. The molecule has 0 atom stereocenters. The average Bonchev–Trinajstić information content (AvgIpc) is 2.63. The van der Waals surface area contributed by atoms with E-state index in [0.29, 0.717) is 16.7 Å². The molecule has 3 aromatic rings. The predicted octanol–water partition coefficient (Wildman–Crippen LogP) is 3.40. The van der Waals surface area contributed by atoms with Gasteiger partial charge in [-0.15, -0.1) is 0 Å². The maximum atomic E-state index is 13.7. The Kier molecular flexibility index (Phi) is 5.32. The molecule has 1 aromatic heterocycles. The van der Waals surface area contributed by atoms with Crippen LogP contribution in [-0.2, 0) is 29.6 Å². The number of aromatic nitrogens is 2. The van der Waals surface area contributed by atoms with Crippen LogP contribution in [0, 0.1) is 5.82 Å². The Morgan fingerprint density at radius 2 is 2.00 bits per heavy atom. The summed E-state index contributed by atoms with van der Waals surface area (Å²) in [7, 11) is 1.61. The van der Waals surface area contributed by atoms with Gasteiger partial charge in [0, 0.05) is 19.0 Å². The van der Waals surface area contributed by atoms with Crippen molar-refractivity contribution in [2.75, 3.05) is 0 Å². The van der Waals surface area contributed by atoms with E-state index in [1.165, 1.54) is 22.8 Å². The molecule has 0 aliphatic rings. The van der Waals surface area contributed by atoms with Gasteiger partial charge >= 0.3 is 5.97 Å². The Labute approximate surface area is 154 Å². The largest absolute Gasteiger partial charge is 0.461 e. The highest BCUT2D eigenvalue weighted by Gasteiger charge is 2.13. The van der Waals surface area contributed by atoms with Crippen molar-refractivity contribution in [2.24, 2.45) is 7.05 Å². The molecule has 1 heterocycles. The first kappa shape index (κ1) is 18.1. The molecular weight excluding hydrogens is 359 g/mol. The Balaban J connectivity index is 1.67. The van der Waals surface area contributed by atoms with E-state index in [0.717, 1.165) is 0 Å². The molecule has 7 heteroatoms. The summed E-state index contributed by atoms with van der Waals surface area (Å²) in [5.41, 5.74) is 0.549. The van der Waals surface area contributed by atoms with Crippen molar-refractivity contribution in [3.05, 3.63) is 75.0 Å². The highest BCUT2D eigenvalue weighted by atomic mass is 35.5. The van der Waals surface area contributed by atoms with Crippen LogP contribution >= 0.6 is 11.6 Å². The van der Waals surface area contributed by atoms with Crippen molar-refractivity contribution in [2.45, 2.75) is 19.4 Å². The third kappa shape index (κ3) is 3.75. The van der Waals surface area contributed by atoms with Gasteiger partial charge in [0.25, 0.3) is 5.56 Å². The van der Waals surface area contributed by atoms with Gasteiger partial charge in [0.2, 0.25) is 0 Å². The Bertz CT molecular complexity index is 1010. The van der Waals surface area contributed by atoms with E-state index in [1.54, 1.807) is 31.3 Å². The molecule has 0 radical (unpaired) electrons. The zero-order chi connectivity index (χ0) is 18.7. The first-order valence-corrected chi connectivity index (χ1v) is 8.38. The summed E-state index contributed by atoms with van der Waals surface area (Å²) in [6.07, 6.45) is 0.255. The first-order valence-electron chi connectivity index (χ1n) is 8.00. The van der Waals surface area contributed by atoms with Gasteiger partial charge in [0.05, 0.1) is 22.3 Å². The topological polar surface area (TPSA) is 61.2 Å². The number of para-hydroxylation sites is 1. The zero-order valence-corrected chi connectivity index (χ0v) is 14.8. The molecule has 0 aliphatic heterocycles.